The van der Waals surface area contributed by atoms with E-state index in [0.29, 0.717) is 10.4 Å². The summed E-state index contributed by atoms with van der Waals surface area (Å²) in [6.07, 6.45) is 0.772. The summed E-state index contributed by atoms with van der Waals surface area (Å²) in [5, 5.41) is 2.65. The summed E-state index contributed by atoms with van der Waals surface area (Å²) in [4.78, 5) is 15.8. The number of amides is 1. The number of imidazole rings is 1. The van der Waals surface area contributed by atoms with Crippen molar-refractivity contribution in [1.82, 2.24) is 9.55 Å². The van der Waals surface area contributed by atoms with Gasteiger partial charge in [0.1, 0.15) is 16.5 Å². The van der Waals surface area contributed by atoms with E-state index >= 15 is 0 Å². The zero-order chi connectivity index (χ0) is 13.8. The van der Waals surface area contributed by atoms with Crippen molar-refractivity contribution in [3.05, 3.63) is 46.8 Å². The second kappa shape index (κ2) is 5.88. The Morgan fingerprint density at radius 1 is 1.42 bits per heavy atom. The van der Waals surface area contributed by atoms with Gasteiger partial charge in [0.05, 0.1) is 6.33 Å². The van der Waals surface area contributed by atoms with Crippen molar-refractivity contribution in [2.75, 3.05) is 5.32 Å². The molecular formula is C13H14BrN3O2. The highest BCUT2D eigenvalue weighted by molar-refractivity contribution is 9.10. The van der Waals surface area contributed by atoms with Gasteiger partial charge in [0, 0.05) is 7.05 Å². The predicted octanol–water partition coefficient (Wildman–Crippen LogP) is 3.49. The van der Waals surface area contributed by atoms with Gasteiger partial charge in [-0.05, 0) is 28.4 Å². The lowest BCUT2D eigenvalue weighted by molar-refractivity contribution is 0.121. The molecule has 1 N–H and O–H groups in total. The summed E-state index contributed by atoms with van der Waals surface area (Å²) in [7, 11) is 1.79. The second-order valence-corrected chi connectivity index (χ2v) is 4.83. The molecular weight excluding hydrogens is 310 g/mol. The lowest BCUT2D eigenvalue weighted by atomic mass is 10.1. The molecule has 0 spiro atoms. The molecule has 0 aliphatic heterocycles. The Morgan fingerprint density at radius 3 is 2.68 bits per heavy atom. The zero-order valence-electron chi connectivity index (χ0n) is 10.6. The molecule has 5 nitrogen and oxygen atoms in total. The molecule has 1 aromatic carbocycles. The molecule has 0 saturated heterocycles. The maximum atomic E-state index is 11.8. The van der Waals surface area contributed by atoms with E-state index in [0.717, 1.165) is 5.56 Å². The van der Waals surface area contributed by atoms with Gasteiger partial charge in [-0.25, -0.2) is 9.78 Å². The highest BCUT2D eigenvalue weighted by atomic mass is 79.9. The fourth-order valence-electron chi connectivity index (χ4n) is 1.62. The number of benzene rings is 1. The van der Waals surface area contributed by atoms with Crippen LogP contribution in [0.4, 0.5) is 10.6 Å². The van der Waals surface area contributed by atoms with E-state index in [1.54, 1.807) is 17.9 Å². The molecule has 1 aromatic heterocycles. The molecule has 0 fully saturated rings. The summed E-state index contributed by atoms with van der Waals surface area (Å²) in [5.41, 5.74) is 0.946. The summed E-state index contributed by atoms with van der Waals surface area (Å²) in [6, 6.07) is 9.56. The van der Waals surface area contributed by atoms with Crippen LogP contribution < -0.4 is 5.32 Å². The number of halogens is 1. The SMILES string of the molecule is CC(OC(=O)Nc1c(Br)ncn1C)c1ccccc1. The molecule has 0 aliphatic rings. The molecule has 0 aliphatic carbocycles. The maximum Gasteiger partial charge on any atom is 0.413 e. The number of nitrogens with zero attached hydrogens (tertiary/aromatic N) is 2. The van der Waals surface area contributed by atoms with Crippen LogP contribution in [-0.2, 0) is 11.8 Å². The normalized spacial score (nSPS) is 11.9. The van der Waals surface area contributed by atoms with Crippen molar-refractivity contribution in [1.29, 1.82) is 0 Å². The zero-order valence-corrected chi connectivity index (χ0v) is 12.2. The first-order valence-corrected chi connectivity index (χ1v) is 6.56. The second-order valence-electron chi connectivity index (χ2n) is 4.08. The van der Waals surface area contributed by atoms with Crippen molar-refractivity contribution in [2.24, 2.45) is 7.05 Å². The van der Waals surface area contributed by atoms with Gasteiger partial charge in [-0.1, -0.05) is 30.3 Å². The first-order valence-electron chi connectivity index (χ1n) is 5.77. The Kier molecular flexibility index (Phi) is 4.21. The van der Waals surface area contributed by atoms with E-state index in [9.17, 15) is 4.79 Å². The van der Waals surface area contributed by atoms with Gasteiger partial charge in [0.25, 0.3) is 0 Å². The molecule has 1 atom stereocenters. The number of rotatable bonds is 3. The van der Waals surface area contributed by atoms with Crippen molar-refractivity contribution >= 4 is 27.8 Å². The van der Waals surface area contributed by atoms with Crippen LogP contribution in [0.5, 0.6) is 0 Å². The van der Waals surface area contributed by atoms with E-state index in [-0.39, 0.29) is 6.10 Å². The lowest BCUT2D eigenvalue weighted by Crippen LogP contribution is -2.17. The molecule has 1 amide bonds. The number of hydrogen-bond acceptors (Lipinski definition) is 3. The Labute approximate surface area is 119 Å². The highest BCUT2D eigenvalue weighted by Gasteiger charge is 2.14. The molecule has 0 bridgehead atoms. The van der Waals surface area contributed by atoms with E-state index in [1.165, 1.54) is 0 Å². The van der Waals surface area contributed by atoms with E-state index in [2.05, 4.69) is 26.2 Å². The fraction of sp³-hybridized carbons (Fsp3) is 0.231. The number of hydrogen-bond donors (Lipinski definition) is 1. The minimum absolute atomic E-state index is 0.312. The van der Waals surface area contributed by atoms with Gasteiger partial charge in [0.15, 0.2) is 0 Å². The fourth-order valence-corrected chi connectivity index (χ4v) is 2.09. The van der Waals surface area contributed by atoms with Gasteiger partial charge in [-0.15, -0.1) is 0 Å². The predicted molar refractivity (Wildman–Crippen MR) is 75.9 cm³/mol. The molecule has 2 aromatic rings. The van der Waals surface area contributed by atoms with Crippen LogP contribution in [-0.4, -0.2) is 15.6 Å². The van der Waals surface area contributed by atoms with Gasteiger partial charge in [0.2, 0.25) is 0 Å². The molecule has 19 heavy (non-hydrogen) atoms. The third kappa shape index (κ3) is 3.35. The van der Waals surface area contributed by atoms with Crippen molar-refractivity contribution in [3.8, 4) is 0 Å². The van der Waals surface area contributed by atoms with Crippen LogP contribution in [0.2, 0.25) is 0 Å². The summed E-state index contributed by atoms with van der Waals surface area (Å²) >= 11 is 3.25. The van der Waals surface area contributed by atoms with Gasteiger partial charge < -0.3 is 9.30 Å². The molecule has 0 saturated carbocycles. The first-order chi connectivity index (χ1) is 9.08. The van der Waals surface area contributed by atoms with Crippen LogP contribution >= 0.6 is 15.9 Å². The number of aryl methyl sites for hydroxylation is 1. The highest BCUT2D eigenvalue weighted by Crippen LogP contribution is 2.21. The maximum absolute atomic E-state index is 11.8. The van der Waals surface area contributed by atoms with Crippen molar-refractivity contribution in [2.45, 2.75) is 13.0 Å². The summed E-state index contributed by atoms with van der Waals surface area (Å²) in [5.74, 6) is 0.560. The van der Waals surface area contributed by atoms with Gasteiger partial charge in [-0.2, -0.15) is 0 Å². The minimum atomic E-state index is -0.513. The standard InChI is InChI=1S/C13H14BrN3O2/c1-9(10-6-4-3-5-7-10)19-13(18)16-12-11(14)15-8-17(12)2/h3-9H,1-2H3,(H,16,18). The molecule has 1 heterocycles. The van der Waals surface area contributed by atoms with Crippen LogP contribution in [0.15, 0.2) is 41.3 Å². The topological polar surface area (TPSA) is 56.1 Å². The Hall–Kier alpha value is -1.82. The third-order valence-electron chi connectivity index (χ3n) is 2.67. The Morgan fingerprint density at radius 2 is 2.11 bits per heavy atom. The number of nitrogens with one attached hydrogen (secondary N) is 1. The quantitative estimate of drug-likeness (QED) is 0.940. The molecule has 1 unspecified atom stereocenters. The lowest BCUT2D eigenvalue weighted by Gasteiger charge is -2.14. The number of carbonyl (C=O) groups excluding carboxylic acids is 1. The number of carbonyl (C=O) groups is 1. The van der Waals surface area contributed by atoms with Gasteiger partial charge >= 0.3 is 6.09 Å². The molecule has 0 radical (unpaired) electrons. The smallest absolute Gasteiger partial charge is 0.413 e. The average Bonchev–Trinajstić information content (AvgIpc) is 2.71. The Balaban J connectivity index is 1.99. The van der Waals surface area contributed by atoms with Crippen LogP contribution in [0.3, 0.4) is 0 Å². The molecule has 2 rings (SSSR count). The largest absolute Gasteiger partial charge is 0.441 e. The van der Waals surface area contributed by atoms with Crippen molar-refractivity contribution in [3.63, 3.8) is 0 Å². The molecule has 100 valence electrons. The number of aromatic nitrogens is 2. The van der Waals surface area contributed by atoms with E-state index in [1.807, 2.05) is 37.3 Å². The minimum Gasteiger partial charge on any atom is -0.441 e. The van der Waals surface area contributed by atoms with Crippen LogP contribution in [0.25, 0.3) is 0 Å². The van der Waals surface area contributed by atoms with Crippen molar-refractivity contribution < 1.29 is 9.53 Å². The van der Waals surface area contributed by atoms with Crippen LogP contribution in [0.1, 0.15) is 18.6 Å². The Bertz CT molecular complexity index is 549. The average molecular weight is 324 g/mol. The first kappa shape index (κ1) is 13.6. The van der Waals surface area contributed by atoms with Gasteiger partial charge in [-0.3, -0.25) is 5.32 Å². The summed E-state index contributed by atoms with van der Waals surface area (Å²) in [6.45, 7) is 1.83. The number of anilines is 1. The van der Waals surface area contributed by atoms with E-state index in [4.69, 9.17) is 4.74 Å². The number of ether oxygens (including phenoxy) is 1. The summed E-state index contributed by atoms with van der Waals surface area (Å²) < 4.78 is 7.57. The monoisotopic (exact) mass is 323 g/mol. The third-order valence-corrected chi connectivity index (χ3v) is 3.25. The molecule has 6 heteroatoms. The van der Waals surface area contributed by atoms with Crippen LogP contribution in [0, 0.1) is 0 Å². The van der Waals surface area contributed by atoms with E-state index < -0.39 is 6.09 Å².